The van der Waals surface area contributed by atoms with Gasteiger partial charge < -0.3 is 14.2 Å². The highest BCUT2D eigenvalue weighted by Crippen LogP contribution is 2.56. The van der Waals surface area contributed by atoms with Crippen LogP contribution in [0.3, 0.4) is 0 Å². The molecule has 0 saturated carbocycles. The third kappa shape index (κ3) is 1.91. The number of aryl methyl sites for hydroxylation is 1. The molecule has 27 heavy (non-hydrogen) atoms. The van der Waals surface area contributed by atoms with E-state index in [9.17, 15) is 4.79 Å². The highest BCUT2D eigenvalue weighted by atomic mass is 16.5. The first-order chi connectivity index (χ1) is 13.1. The van der Waals surface area contributed by atoms with Gasteiger partial charge in [0, 0.05) is 43.4 Å². The monoisotopic (exact) mass is 361 g/mol. The van der Waals surface area contributed by atoms with Crippen molar-refractivity contribution in [1.82, 2.24) is 9.47 Å². The van der Waals surface area contributed by atoms with Gasteiger partial charge in [0.15, 0.2) is 0 Å². The molecule has 5 nitrogen and oxygen atoms in total. The lowest BCUT2D eigenvalue weighted by molar-refractivity contribution is 0.115. The molecule has 1 fully saturated rings. The molecule has 0 aliphatic carbocycles. The summed E-state index contributed by atoms with van der Waals surface area (Å²) in [7, 11) is 5.63. The molecule has 5 heteroatoms. The lowest BCUT2D eigenvalue weighted by Gasteiger charge is -2.36. The molecule has 2 aromatic carbocycles. The smallest absolute Gasteiger partial charge is 0.411 e. The fraction of sp³-hybridized carbons (Fsp3) is 0.318. The van der Waals surface area contributed by atoms with E-state index in [4.69, 9.17) is 4.74 Å². The van der Waals surface area contributed by atoms with Crippen LogP contribution in [0.4, 0.5) is 10.5 Å². The second kappa shape index (κ2) is 5.52. The fourth-order valence-electron chi connectivity index (χ4n) is 5.34. The van der Waals surface area contributed by atoms with Crippen LogP contribution in [0.15, 0.2) is 54.7 Å². The van der Waals surface area contributed by atoms with Gasteiger partial charge in [-0.1, -0.05) is 36.4 Å². The predicted molar refractivity (Wildman–Crippen MR) is 106 cm³/mol. The highest BCUT2D eigenvalue weighted by Gasteiger charge is 2.59. The number of amides is 1. The summed E-state index contributed by atoms with van der Waals surface area (Å²) >= 11 is 0. The number of rotatable bonds is 1. The van der Waals surface area contributed by atoms with Gasteiger partial charge >= 0.3 is 6.09 Å². The summed E-state index contributed by atoms with van der Waals surface area (Å²) in [5, 5.41) is 1.25. The van der Waals surface area contributed by atoms with Crippen molar-refractivity contribution in [2.75, 3.05) is 25.6 Å². The zero-order valence-electron chi connectivity index (χ0n) is 15.8. The number of nitrogens with zero attached hydrogens (tertiary/aromatic N) is 3. The summed E-state index contributed by atoms with van der Waals surface area (Å²) in [6.07, 6.45) is 2.77. The maximum atomic E-state index is 12.6. The van der Waals surface area contributed by atoms with Crippen LogP contribution in [0.25, 0.3) is 10.9 Å². The van der Waals surface area contributed by atoms with E-state index in [0.29, 0.717) is 6.54 Å². The zero-order valence-corrected chi connectivity index (χ0v) is 15.8. The Hall–Kier alpha value is -2.95. The second-order valence-corrected chi connectivity index (χ2v) is 7.56. The third-order valence-electron chi connectivity index (χ3n) is 6.40. The van der Waals surface area contributed by atoms with Gasteiger partial charge in [-0.25, -0.2) is 4.79 Å². The van der Waals surface area contributed by atoms with Gasteiger partial charge in [-0.3, -0.25) is 4.90 Å². The van der Waals surface area contributed by atoms with Gasteiger partial charge in [-0.2, -0.15) is 0 Å². The summed E-state index contributed by atoms with van der Waals surface area (Å²) < 4.78 is 7.31. The Morgan fingerprint density at radius 3 is 2.63 bits per heavy atom. The van der Waals surface area contributed by atoms with Crippen LogP contribution in [0, 0.1) is 0 Å². The van der Waals surface area contributed by atoms with Crippen LogP contribution < -0.4 is 4.90 Å². The number of carbonyl (C=O) groups is 1. The largest absolute Gasteiger partial charge is 0.453 e. The zero-order chi connectivity index (χ0) is 18.8. The number of aromatic nitrogens is 1. The van der Waals surface area contributed by atoms with Gasteiger partial charge in [-0.05, 0) is 29.7 Å². The number of anilines is 1. The first kappa shape index (κ1) is 16.2. The molecule has 0 bridgehead atoms. The van der Waals surface area contributed by atoms with Crippen molar-refractivity contribution in [3.63, 3.8) is 0 Å². The summed E-state index contributed by atoms with van der Waals surface area (Å²) in [6.45, 7) is 0.680. The van der Waals surface area contributed by atoms with E-state index < -0.39 is 0 Å². The summed E-state index contributed by atoms with van der Waals surface area (Å²) in [4.78, 5) is 16.7. The van der Waals surface area contributed by atoms with Crippen molar-refractivity contribution >= 4 is 22.7 Å². The molecule has 3 heterocycles. The number of hydrogen-bond acceptors (Lipinski definition) is 3. The van der Waals surface area contributed by atoms with E-state index >= 15 is 0 Å². The van der Waals surface area contributed by atoms with Gasteiger partial charge in [-0.15, -0.1) is 0 Å². The highest BCUT2D eigenvalue weighted by molar-refractivity contribution is 5.88. The van der Waals surface area contributed by atoms with Crippen LogP contribution in [-0.2, 0) is 17.2 Å². The van der Waals surface area contributed by atoms with Gasteiger partial charge in [0.1, 0.15) is 6.17 Å². The molecule has 5 rings (SSSR count). The van der Waals surface area contributed by atoms with Gasteiger partial charge in [0.05, 0.1) is 12.5 Å². The fourth-order valence-corrected chi connectivity index (χ4v) is 5.34. The van der Waals surface area contributed by atoms with Gasteiger partial charge in [0.2, 0.25) is 0 Å². The first-order valence-electron chi connectivity index (χ1n) is 9.31. The number of para-hydroxylation sites is 2. The van der Waals surface area contributed by atoms with Crippen molar-refractivity contribution in [3.8, 4) is 0 Å². The molecule has 0 unspecified atom stereocenters. The van der Waals surface area contributed by atoms with Gasteiger partial charge in [0.25, 0.3) is 0 Å². The Bertz CT molecular complexity index is 1060. The minimum atomic E-state index is -0.263. The van der Waals surface area contributed by atoms with Crippen LogP contribution in [0.1, 0.15) is 17.5 Å². The van der Waals surface area contributed by atoms with Crippen LogP contribution in [0.5, 0.6) is 0 Å². The molecule has 138 valence electrons. The Morgan fingerprint density at radius 1 is 1.07 bits per heavy atom. The maximum absolute atomic E-state index is 12.6. The molecular formula is C22H23N3O2. The van der Waals surface area contributed by atoms with Crippen molar-refractivity contribution in [2.24, 2.45) is 7.05 Å². The number of likely N-dealkylation sites (N-methyl/N-ethyl adjacent to an activating group) is 1. The van der Waals surface area contributed by atoms with E-state index in [-0.39, 0.29) is 17.7 Å². The Balaban J connectivity index is 1.82. The summed E-state index contributed by atoms with van der Waals surface area (Å²) in [5.41, 5.74) is 4.71. The van der Waals surface area contributed by atoms with Crippen molar-refractivity contribution in [2.45, 2.75) is 18.0 Å². The van der Waals surface area contributed by atoms with E-state index in [1.165, 1.54) is 34.8 Å². The second-order valence-electron chi connectivity index (χ2n) is 7.56. The lowest BCUT2D eigenvalue weighted by atomic mass is 9.73. The van der Waals surface area contributed by atoms with Crippen LogP contribution >= 0.6 is 0 Å². The molecule has 1 saturated heterocycles. The molecule has 0 spiro atoms. The molecular weight excluding hydrogens is 338 g/mol. The van der Waals surface area contributed by atoms with Crippen molar-refractivity contribution in [3.05, 3.63) is 65.9 Å². The molecule has 1 amide bonds. The molecule has 0 radical (unpaired) electrons. The van der Waals surface area contributed by atoms with Crippen molar-refractivity contribution < 1.29 is 9.53 Å². The first-order valence-corrected chi connectivity index (χ1v) is 9.31. The van der Waals surface area contributed by atoms with E-state index in [1.807, 2.05) is 4.90 Å². The standard InChI is InChI=1S/C22H23N3O2/c1-23-14-17(15-8-4-6-10-18(15)23)22-12-13-25(21(26)27-3)20(22)24(2)19-11-7-5-9-16(19)22/h4-11,14,20H,12-13H2,1-3H3/t20-,22-/m0/s1. The minimum absolute atomic E-state index is 0.0897. The summed E-state index contributed by atoms with van der Waals surface area (Å²) in [6, 6.07) is 17.0. The molecule has 2 aliphatic rings. The number of methoxy groups -OCH3 is 1. The van der Waals surface area contributed by atoms with Crippen LogP contribution in [-0.4, -0.2) is 42.4 Å². The predicted octanol–water partition coefficient (Wildman–Crippen LogP) is 3.71. The molecule has 2 atom stereocenters. The average Bonchev–Trinajstić information content (AvgIpc) is 3.33. The minimum Gasteiger partial charge on any atom is -0.453 e. The van der Waals surface area contributed by atoms with Crippen molar-refractivity contribution in [1.29, 1.82) is 0 Å². The van der Waals surface area contributed by atoms with E-state index in [0.717, 1.165) is 6.42 Å². The number of carbonyl (C=O) groups excluding carboxylic acids is 1. The van der Waals surface area contributed by atoms with Crippen LogP contribution in [0.2, 0.25) is 0 Å². The van der Waals surface area contributed by atoms with E-state index in [2.05, 4.69) is 78.3 Å². The number of ether oxygens (including phenoxy) is 1. The quantitative estimate of drug-likeness (QED) is 0.663. The SMILES string of the molecule is COC(=O)N1CC[C@@]2(c3cn(C)c4ccccc34)c3ccccc3N(C)[C@@H]12. The number of hydrogen-bond donors (Lipinski definition) is 0. The average molecular weight is 361 g/mol. The lowest BCUT2D eigenvalue weighted by Crippen LogP contribution is -2.50. The topological polar surface area (TPSA) is 37.7 Å². The maximum Gasteiger partial charge on any atom is 0.411 e. The number of fused-ring (bicyclic) bond motifs is 4. The Labute approximate surface area is 158 Å². The summed E-state index contributed by atoms with van der Waals surface area (Å²) in [5.74, 6) is 0. The Kier molecular flexibility index (Phi) is 3.32. The molecule has 2 aliphatic heterocycles. The molecule has 1 aromatic heterocycles. The normalized spacial score (nSPS) is 23.6. The molecule has 3 aromatic rings. The Morgan fingerprint density at radius 2 is 1.81 bits per heavy atom. The number of benzene rings is 2. The third-order valence-corrected chi connectivity index (χ3v) is 6.40. The molecule has 0 N–H and O–H groups in total. The van der Waals surface area contributed by atoms with E-state index in [1.54, 1.807) is 0 Å². The number of likely N-dealkylation sites (tertiary alicyclic amines) is 1.